The van der Waals surface area contributed by atoms with Crippen LogP contribution in [0.25, 0.3) is 0 Å². The number of aryl methyl sites for hydroxylation is 1. The highest BCUT2D eigenvalue weighted by Gasteiger charge is 2.38. The lowest BCUT2D eigenvalue weighted by molar-refractivity contribution is -0.114. The van der Waals surface area contributed by atoms with Gasteiger partial charge in [-0.05, 0) is 31.6 Å². The van der Waals surface area contributed by atoms with Crippen molar-refractivity contribution in [2.75, 3.05) is 13.1 Å². The van der Waals surface area contributed by atoms with Gasteiger partial charge >= 0.3 is 0 Å². The standard InChI is InChI=1S/C20H23N3O2/c1-12-5-7-14(8-6-12)19(25)23-10-15(18(21)24)17-13(2)22-9-16(17)20(3,4)11-23/h5-8,10H,9,11H2,1-4H3,(H2,21,24). The number of rotatable bonds is 2. The van der Waals surface area contributed by atoms with Crippen molar-refractivity contribution in [2.24, 2.45) is 16.1 Å². The number of primary amides is 1. The molecule has 0 fully saturated rings. The van der Waals surface area contributed by atoms with Gasteiger partial charge < -0.3 is 10.6 Å². The number of carbonyl (C=O) groups is 2. The third-order valence-electron chi connectivity index (χ3n) is 4.90. The molecular formula is C20H23N3O2. The van der Waals surface area contributed by atoms with Gasteiger partial charge in [-0.3, -0.25) is 14.6 Å². The van der Waals surface area contributed by atoms with Crippen molar-refractivity contribution in [3.8, 4) is 0 Å². The Kier molecular flexibility index (Phi) is 4.11. The highest BCUT2D eigenvalue weighted by atomic mass is 16.2. The average Bonchev–Trinajstić information content (AvgIpc) is 2.87. The summed E-state index contributed by atoms with van der Waals surface area (Å²) in [6.45, 7) is 9.02. The Labute approximate surface area is 147 Å². The number of hydrogen-bond donors (Lipinski definition) is 1. The zero-order chi connectivity index (χ0) is 18.4. The molecule has 0 aromatic heterocycles. The predicted octanol–water partition coefficient (Wildman–Crippen LogP) is 2.62. The second kappa shape index (κ2) is 5.99. The molecule has 3 rings (SSSR count). The number of carbonyl (C=O) groups excluding carboxylic acids is 2. The van der Waals surface area contributed by atoms with E-state index in [1.54, 1.807) is 23.2 Å². The molecule has 0 atom stereocenters. The Morgan fingerprint density at radius 1 is 1.16 bits per heavy atom. The molecule has 2 aliphatic rings. The smallest absolute Gasteiger partial charge is 0.257 e. The maximum atomic E-state index is 13.0. The van der Waals surface area contributed by atoms with Crippen LogP contribution in [-0.2, 0) is 4.79 Å². The Morgan fingerprint density at radius 2 is 1.80 bits per heavy atom. The van der Waals surface area contributed by atoms with Crippen LogP contribution in [0.15, 0.2) is 52.2 Å². The SMILES string of the molecule is CC1=NCC2=C1C(C(N)=O)=CN(C(=O)c1ccc(C)cc1)CC2(C)C. The van der Waals surface area contributed by atoms with Crippen molar-refractivity contribution in [3.05, 3.63) is 58.3 Å². The molecule has 0 aliphatic carbocycles. The molecule has 2 aliphatic heterocycles. The molecule has 2 heterocycles. The van der Waals surface area contributed by atoms with Crippen molar-refractivity contribution < 1.29 is 9.59 Å². The van der Waals surface area contributed by atoms with E-state index in [1.165, 1.54) is 0 Å². The fraction of sp³-hybridized carbons (Fsp3) is 0.350. The van der Waals surface area contributed by atoms with E-state index < -0.39 is 5.91 Å². The summed E-state index contributed by atoms with van der Waals surface area (Å²) in [5, 5.41) is 0. The van der Waals surface area contributed by atoms with Crippen LogP contribution in [0.1, 0.15) is 36.7 Å². The summed E-state index contributed by atoms with van der Waals surface area (Å²) in [5.74, 6) is -0.675. The molecule has 0 saturated carbocycles. The largest absolute Gasteiger partial charge is 0.366 e. The summed E-state index contributed by atoms with van der Waals surface area (Å²) in [6.07, 6.45) is 1.60. The van der Waals surface area contributed by atoms with Gasteiger partial charge in [-0.1, -0.05) is 31.5 Å². The van der Waals surface area contributed by atoms with Crippen LogP contribution in [-0.4, -0.2) is 35.5 Å². The summed E-state index contributed by atoms with van der Waals surface area (Å²) in [5.41, 5.74) is 10.0. The van der Waals surface area contributed by atoms with Crippen LogP contribution in [0, 0.1) is 12.3 Å². The topological polar surface area (TPSA) is 75.8 Å². The first-order chi connectivity index (χ1) is 11.7. The first-order valence-electron chi connectivity index (χ1n) is 8.35. The quantitative estimate of drug-likeness (QED) is 0.900. The molecule has 0 spiro atoms. The molecule has 1 aromatic carbocycles. The van der Waals surface area contributed by atoms with Crippen LogP contribution in [0.2, 0.25) is 0 Å². The summed E-state index contributed by atoms with van der Waals surface area (Å²) in [6, 6.07) is 7.43. The highest BCUT2D eigenvalue weighted by molar-refractivity contribution is 6.15. The zero-order valence-electron chi connectivity index (χ0n) is 15.1. The molecule has 25 heavy (non-hydrogen) atoms. The van der Waals surface area contributed by atoms with Gasteiger partial charge in [0.05, 0.1) is 12.1 Å². The van der Waals surface area contributed by atoms with E-state index in [1.807, 2.05) is 26.0 Å². The van der Waals surface area contributed by atoms with E-state index in [-0.39, 0.29) is 11.3 Å². The molecule has 2 amide bonds. The van der Waals surface area contributed by atoms with E-state index in [0.717, 1.165) is 22.4 Å². The van der Waals surface area contributed by atoms with Gasteiger partial charge in [0.1, 0.15) is 0 Å². The van der Waals surface area contributed by atoms with Crippen molar-refractivity contribution >= 4 is 17.5 Å². The van der Waals surface area contributed by atoms with Crippen molar-refractivity contribution in [1.82, 2.24) is 4.90 Å². The Hall–Kier alpha value is -2.69. The molecule has 0 radical (unpaired) electrons. The molecular weight excluding hydrogens is 314 g/mol. The van der Waals surface area contributed by atoms with E-state index >= 15 is 0 Å². The molecule has 5 heteroatoms. The number of nitrogens with two attached hydrogens (primary N) is 1. The minimum atomic E-state index is -0.539. The molecule has 0 unspecified atom stereocenters. The second-order valence-electron chi connectivity index (χ2n) is 7.35. The zero-order valence-corrected chi connectivity index (χ0v) is 15.1. The van der Waals surface area contributed by atoms with Crippen molar-refractivity contribution in [2.45, 2.75) is 27.7 Å². The first kappa shape index (κ1) is 17.1. The lowest BCUT2D eigenvalue weighted by Gasteiger charge is -2.30. The molecule has 0 bridgehead atoms. The summed E-state index contributed by atoms with van der Waals surface area (Å²) < 4.78 is 0. The van der Waals surface area contributed by atoms with Gasteiger partial charge in [-0.15, -0.1) is 0 Å². The number of benzene rings is 1. The van der Waals surface area contributed by atoms with E-state index in [0.29, 0.717) is 24.2 Å². The third-order valence-corrected chi connectivity index (χ3v) is 4.90. The normalized spacial score (nSPS) is 19.1. The van der Waals surface area contributed by atoms with Gasteiger partial charge in [0.15, 0.2) is 0 Å². The number of hydrogen-bond acceptors (Lipinski definition) is 3. The van der Waals surface area contributed by atoms with Gasteiger partial charge in [0.2, 0.25) is 0 Å². The highest BCUT2D eigenvalue weighted by Crippen LogP contribution is 2.39. The maximum absolute atomic E-state index is 13.0. The van der Waals surface area contributed by atoms with E-state index in [4.69, 9.17) is 5.73 Å². The summed E-state index contributed by atoms with van der Waals surface area (Å²) in [4.78, 5) is 31.2. The Balaban J connectivity index is 2.08. The van der Waals surface area contributed by atoms with Crippen LogP contribution in [0.4, 0.5) is 0 Å². The minimum absolute atomic E-state index is 0.136. The van der Waals surface area contributed by atoms with E-state index in [2.05, 4.69) is 18.8 Å². The summed E-state index contributed by atoms with van der Waals surface area (Å²) >= 11 is 0. The van der Waals surface area contributed by atoms with E-state index in [9.17, 15) is 9.59 Å². The molecule has 1 aromatic rings. The molecule has 5 nitrogen and oxygen atoms in total. The van der Waals surface area contributed by atoms with Gasteiger partial charge in [-0.25, -0.2) is 0 Å². The Morgan fingerprint density at radius 3 is 2.40 bits per heavy atom. The number of aliphatic imine (C=N–C) groups is 1. The van der Waals surface area contributed by atoms with Crippen LogP contribution < -0.4 is 5.73 Å². The van der Waals surface area contributed by atoms with Crippen molar-refractivity contribution in [3.63, 3.8) is 0 Å². The summed E-state index contributed by atoms with van der Waals surface area (Å²) in [7, 11) is 0. The second-order valence-corrected chi connectivity index (χ2v) is 7.35. The maximum Gasteiger partial charge on any atom is 0.257 e. The minimum Gasteiger partial charge on any atom is -0.366 e. The lowest BCUT2D eigenvalue weighted by atomic mass is 9.80. The Bertz CT molecular complexity index is 842. The fourth-order valence-electron chi connectivity index (χ4n) is 3.45. The predicted molar refractivity (Wildman–Crippen MR) is 98.3 cm³/mol. The molecule has 2 N–H and O–H groups in total. The number of nitrogens with zero attached hydrogens (tertiary/aromatic N) is 2. The molecule has 130 valence electrons. The monoisotopic (exact) mass is 337 g/mol. The first-order valence-corrected chi connectivity index (χ1v) is 8.35. The van der Waals surface area contributed by atoms with Gasteiger partial charge in [-0.2, -0.15) is 0 Å². The third kappa shape index (κ3) is 3.02. The van der Waals surface area contributed by atoms with Crippen molar-refractivity contribution in [1.29, 1.82) is 0 Å². The fourth-order valence-corrected chi connectivity index (χ4v) is 3.45. The number of amides is 2. The van der Waals surface area contributed by atoms with Crippen LogP contribution >= 0.6 is 0 Å². The lowest BCUT2D eigenvalue weighted by Crippen LogP contribution is -2.36. The molecule has 0 saturated heterocycles. The van der Waals surface area contributed by atoms with Crippen LogP contribution in [0.5, 0.6) is 0 Å². The van der Waals surface area contributed by atoms with Gasteiger partial charge in [0.25, 0.3) is 11.8 Å². The average molecular weight is 337 g/mol. The van der Waals surface area contributed by atoms with Crippen LogP contribution in [0.3, 0.4) is 0 Å². The van der Waals surface area contributed by atoms with Gasteiger partial charge in [0, 0.05) is 35.0 Å².